The molecule has 0 saturated carbocycles. The Morgan fingerprint density at radius 2 is 0.600 bits per heavy atom. The first-order chi connectivity index (χ1) is 32.0. The molecule has 1 atom stereocenters. The van der Waals surface area contributed by atoms with Crippen molar-refractivity contribution in [1.82, 2.24) is 0 Å². The molecular formula is C59H102O6. The highest BCUT2D eigenvalue weighted by Gasteiger charge is 2.19. The number of unbranched alkanes of at least 4 members (excludes halogenated alkanes) is 26. The highest BCUT2D eigenvalue weighted by molar-refractivity contribution is 5.71. The summed E-state index contributed by atoms with van der Waals surface area (Å²) >= 11 is 0. The standard InChI is InChI=1S/C59H102O6/c1-4-7-10-13-16-19-22-25-27-28-29-30-32-34-37-40-43-46-49-52-58(61)64-55-56(54-63-57(60)51-48-45-42-39-36-33-24-21-18-15-12-9-6-3)65-59(62)53-50-47-44-41-38-35-31-26-23-20-17-14-11-8-5-2/h8,11,16-17,19-21,24-27,31,56H,4-7,9-10,12-15,18,22-23,28-30,32-55H2,1-3H3/b11-8-,19-16-,20-17-,24-21-,27-25-,31-26-. The molecule has 6 heteroatoms. The fraction of sp³-hybridized carbons (Fsp3) is 0.746. The molecule has 65 heavy (non-hydrogen) atoms. The molecule has 0 N–H and O–H groups in total. The third-order valence-electron chi connectivity index (χ3n) is 11.7. The highest BCUT2D eigenvalue weighted by atomic mass is 16.6. The maximum Gasteiger partial charge on any atom is 0.306 e. The van der Waals surface area contributed by atoms with Crippen molar-refractivity contribution < 1.29 is 28.6 Å². The Morgan fingerprint density at radius 3 is 0.985 bits per heavy atom. The summed E-state index contributed by atoms with van der Waals surface area (Å²) in [6.45, 7) is 6.47. The van der Waals surface area contributed by atoms with Crippen LogP contribution in [0.4, 0.5) is 0 Å². The first-order valence-corrected chi connectivity index (χ1v) is 27.4. The minimum atomic E-state index is -0.789. The summed E-state index contributed by atoms with van der Waals surface area (Å²) in [5.74, 6) is -0.912. The smallest absolute Gasteiger partial charge is 0.306 e. The van der Waals surface area contributed by atoms with E-state index in [-0.39, 0.29) is 31.1 Å². The predicted molar refractivity (Wildman–Crippen MR) is 279 cm³/mol. The molecule has 0 fully saturated rings. The van der Waals surface area contributed by atoms with Crippen molar-refractivity contribution in [2.75, 3.05) is 13.2 Å². The van der Waals surface area contributed by atoms with Gasteiger partial charge in [0.15, 0.2) is 6.10 Å². The first kappa shape index (κ1) is 61.9. The Balaban J connectivity index is 4.39. The minimum absolute atomic E-state index is 0.0871. The lowest BCUT2D eigenvalue weighted by atomic mass is 10.1. The Kier molecular flexibility index (Phi) is 50.9. The van der Waals surface area contributed by atoms with Crippen LogP contribution in [0.5, 0.6) is 0 Å². The van der Waals surface area contributed by atoms with Crippen LogP contribution in [0.3, 0.4) is 0 Å². The molecule has 0 heterocycles. The molecule has 0 aliphatic rings. The second-order valence-corrected chi connectivity index (χ2v) is 18.1. The number of ether oxygens (including phenoxy) is 3. The summed E-state index contributed by atoms with van der Waals surface area (Å²) < 4.78 is 16.8. The van der Waals surface area contributed by atoms with Gasteiger partial charge in [-0.1, -0.05) is 209 Å². The fourth-order valence-electron chi connectivity index (χ4n) is 7.54. The largest absolute Gasteiger partial charge is 0.462 e. The molecule has 0 aromatic heterocycles. The first-order valence-electron chi connectivity index (χ1n) is 27.4. The number of allylic oxidation sites excluding steroid dienone is 12. The number of carbonyl (C=O) groups excluding carboxylic acids is 3. The molecular weight excluding hydrogens is 805 g/mol. The molecule has 6 nitrogen and oxygen atoms in total. The number of hydrogen-bond donors (Lipinski definition) is 0. The van der Waals surface area contributed by atoms with Crippen molar-refractivity contribution in [2.24, 2.45) is 0 Å². The van der Waals surface area contributed by atoms with Gasteiger partial charge in [0.05, 0.1) is 0 Å². The van der Waals surface area contributed by atoms with E-state index in [0.717, 1.165) is 109 Å². The molecule has 0 aliphatic carbocycles. The molecule has 0 aliphatic heterocycles. The Labute approximate surface area is 402 Å². The van der Waals surface area contributed by atoms with Gasteiger partial charge in [0.25, 0.3) is 0 Å². The van der Waals surface area contributed by atoms with Crippen molar-refractivity contribution in [3.8, 4) is 0 Å². The quantitative estimate of drug-likeness (QED) is 0.0262. The molecule has 1 unspecified atom stereocenters. The second-order valence-electron chi connectivity index (χ2n) is 18.1. The van der Waals surface area contributed by atoms with E-state index < -0.39 is 6.10 Å². The van der Waals surface area contributed by atoms with E-state index in [2.05, 4.69) is 93.7 Å². The predicted octanol–water partition coefficient (Wildman–Crippen LogP) is 18.2. The van der Waals surface area contributed by atoms with Gasteiger partial charge in [0.2, 0.25) is 0 Å². The molecule has 0 saturated heterocycles. The molecule has 0 spiro atoms. The summed E-state index contributed by atoms with van der Waals surface area (Å²) in [5.41, 5.74) is 0. The Morgan fingerprint density at radius 1 is 0.323 bits per heavy atom. The van der Waals surface area contributed by atoms with Gasteiger partial charge in [-0.25, -0.2) is 0 Å². The van der Waals surface area contributed by atoms with E-state index in [0.29, 0.717) is 19.3 Å². The van der Waals surface area contributed by atoms with Crippen LogP contribution in [0.25, 0.3) is 0 Å². The average Bonchev–Trinajstić information content (AvgIpc) is 3.30. The van der Waals surface area contributed by atoms with Gasteiger partial charge in [-0.2, -0.15) is 0 Å². The third-order valence-corrected chi connectivity index (χ3v) is 11.7. The number of hydrogen-bond acceptors (Lipinski definition) is 6. The molecule has 0 bridgehead atoms. The van der Waals surface area contributed by atoms with Gasteiger partial charge in [-0.3, -0.25) is 14.4 Å². The van der Waals surface area contributed by atoms with Gasteiger partial charge in [0, 0.05) is 19.3 Å². The average molecular weight is 907 g/mol. The van der Waals surface area contributed by atoms with Crippen LogP contribution in [0, 0.1) is 0 Å². The topological polar surface area (TPSA) is 78.9 Å². The van der Waals surface area contributed by atoms with Crippen LogP contribution in [-0.2, 0) is 28.6 Å². The zero-order valence-corrected chi connectivity index (χ0v) is 42.7. The summed E-state index contributed by atoms with van der Waals surface area (Å²) in [5, 5.41) is 0. The third kappa shape index (κ3) is 51.7. The molecule has 374 valence electrons. The number of esters is 3. The molecule has 0 rings (SSSR count). The number of rotatable bonds is 49. The SMILES string of the molecule is CC/C=C\C/C=C\C/C=C\CCCCCCCC(=O)OC(COC(=O)CCCCCCC/C=C\CCCCCC)COC(=O)CCCCCCCCCCC/C=C\C/C=C\CCCCC. The lowest BCUT2D eigenvalue weighted by molar-refractivity contribution is -0.167. The maximum atomic E-state index is 12.8. The molecule has 0 aromatic carbocycles. The van der Waals surface area contributed by atoms with Crippen molar-refractivity contribution in [3.05, 3.63) is 72.9 Å². The van der Waals surface area contributed by atoms with E-state index in [1.54, 1.807) is 0 Å². The van der Waals surface area contributed by atoms with Crippen LogP contribution in [0.1, 0.15) is 265 Å². The maximum absolute atomic E-state index is 12.8. The van der Waals surface area contributed by atoms with Crippen LogP contribution in [0.15, 0.2) is 72.9 Å². The lowest BCUT2D eigenvalue weighted by Gasteiger charge is -2.18. The van der Waals surface area contributed by atoms with Crippen LogP contribution >= 0.6 is 0 Å². The van der Waals surface area contributed by atoms with E-state index in [9.17, 15) is 14.4 Å². The van der Waals surface area contributed by atoms with Crippen molar-refractivity contribution >= 4 is 17.9 Å². The van der Waals surface area contributed by atoms with E-state index in [1.807, 2.05) is 0 Å². The van der Waals surface area contributed by atoms with Gasteiger partial charge in [-0.05, 0) is 109 Å². The van der Waals surface area contributed by atoms with E-state index >= 15 is 0 Å². The summed E-state index contributed by atoms with van der Waals surface area (Å²) in [6, 6.07) is 0. The summed E-state index contributed by atoms with van der Waals surface area (Å²) in [4.78, 5) is 38.1. The fourth-order valence-corrected chi connectivity index (χ4v) is 7.54. The highest BCUT2D eigenvalue weighted by Crippen LogP contribution is 2.15. The van der Waals surface area contributed by atoms with Gasteiger partial charge in [-0.15, -0.1) is 0 Å². The summed E-state index contributed by atoms with van der Waals surface area (Å²) in [6.07, 6.45) is 67.4. The van der Waals surface area contributed by atoms with Crippen molar-refractivity contribution in [3.63, 3.8) is 0 Å². The van der Waals surface area contributed by atoms with Crippen LogP contribution in [-0.4, -0.2) is 37.2 Å². The van der Waals surface area contributed by atoms with E-state index in [1.165, 1.54) is 116 Å². The zero-order chi connectivity index (χ0) is 47.2. The normalized spacial score (nSPS) is 12.6. The monoisotopic (exact) mass is 907 g/mol. The lowest BCUT2D eigenvalue weighted by Crippen LogP contribution is -2.30. The second kappa shape index (κ2) is 53.5. The van der Waals surface area contributed by atoms with Crippen LogP contribution in [0.2, 0.25) is 0 Å². The van der Waals surface area contributed by atoms with Crippen molar-refractivity contribution in [2.45, 2.75) is 271 Å². The van der Waals surface area contributed by atoms with Gasteiger partial charge >= 0.3 is 17.9 Å². The Hall–Kier alpha value is -3.15. The van der Waals surface area contributed by atoms with Crippen LogP contribution < -0.4 is 0 Å². The minimum Gasteiger partial charge on any atom is -0.462 e. The Bertz CT molecular complexity index is 1230. The summed E-state index contributed by atoms with van der Waals surface area (Å²) in [7, 11) is 0. The van der Waals surface area contributed by atoms with Crippen molar-refractivity contribution in [1.29, 1.82) is 0 Å². The van der Waals surface area contributed by atoms with Gasteiger partial charge < -0.3 is 14.2 Å². The zero-order valence-electron chi connectivity index (χ0n) is 42.7. The molecule has 0 aromatic rings. The number of carbonyl (C=O) groups is 3. The molecule has 0 radical (unpaired) electrons. The van der Waals surface area contributed by atoms with E-state index in [4.69, 9.17) is 14.2 Å². The van der Waals surface area contributed by atoms with Gasteiger partial charge in [0.1, 0.15) is 13.2 Å². The molecule has 0 amide bonds.